The van der Waals surface area contributed by atoms with Gasteiger partial charge in [0.15, 0.2) is 11.5 Å². The van der Waals surface area contributed by atoms with Crippen molar-refractivity contribution < 1.29 is 19.1 Å². The Morgan fingerprint density at radius 2 is 1.63 bits per heavy atom. The van der Waals surface area contributed by atoms with Crippen LogP contribution in [0.3, 0.4) is 0 Å². The summed E-state index contributed by atoms with van der Waals surface area (Å²) in [6.45, 7) is 7.35. The van der Waals surface area contributed by atoms with E-state index >= 15 is 0 Å². The summed E-state index contributed by atoms with van der Waals surface area (Å²) in [6, 6.07) is 18.5. The van der Waals surface area contributed by atoms with Crippen LogP contribution in [0.25, 0.3) is 11.4 Å². The van der Waals surface area contributed by atoms with Crippen molar-refractivity contribution in [3.05, 3.63) is 82.9 Å². The van der Waals surface area contributed by atoms with E-state index in [9.17, 15) is 9.59 Å². The Kier molecular flexibility index (Phi) is 8.92. The number of nitrogens with one attached hydrogen (secondary N) is 1. The first kappa shape index (κ1) is 29.5. The lowest BCUT2D eigenvalue weighted by molar-refractivity contribution is -0.128. The van der Waals surface area contributed by atoms with Gasteiger partial charge < -0.3 is 14.8 Å². The predicted octanol–water partition coefficient (Wildman–Crippen LogP) is 5.01. The van der Waals surface area contributed by atoms with E-state index in [1.165, 1.54) is 16.8 Å². The summed E-state index contributed by atoms with van der Waals surface area (Å²) in [5, 5.41) is 16.2. The highest BCUT2D eigenvalue weighted by Gasteiger charge is 2.35. The lowest BCUT2D eigenvalue weighted by atomic mass is 10.0. The molecule has 2 amide bonds. The van der Waals surface area contributed by atoms with Crippen LogP contribution in [0.2, 0.25) is 5.02 Å². The monoisotopic (exact) mass is 576 g/mol. The van der Waals surface area contributed by atoms with E-state index in [-0.39, 0.29) is 12.5 Å². The van der Waals surface area contributed by atoms with Crippen molar-refractivity contribution in [1.82, 2.24) is 25.5 Å². The molecule has 0 unspecified atom stereocenters. The Morgan fingerprint density at radius 1 is 0.976 bits per heavy atom. The summed E-state index contributed by atoms with van der Waals surface area (Å²) in [5.74, 6) is 0.633. The number of nitrogens with zero attached hydrogens (tertiary/aromatic N) is 5. The number of carbonyl (C=O) groups excluding carboxylic acids is 2. The number of hydrogen-bond acceptors (Lipinski definition) is 7. The van der Waals surface area contributed by atoms with Crippen LogP contribution in [0.4, 0.5) is 5.69 Å². The van der Waals surface area contributed by atoms with E-state index in [1.54, 1.807) is 49.6 Å². The van der Waals surface area contributed by atoms with Gasteiger partial charge in [-0.15, -0.1) is 10.2 Å². The molecule has 0 saturated heterocycles. The largest absolute Gasteiger partial charge is 0.493 e. The second kappa shape index (κ2) is 12.4. The van der Waals surface area contributed by atoms with E-state index in [0.717, 1.165) is 5.56 Å². The van der Waals surface area contributed by atoms with Crippen LogP contribution < -0.4 is 19.7 Å². The van der Waals surface area contributed by atoms with E-state index in [1.807, 2.05) is 52.0 Å². The summed E-state index contributed by atoms with van der Waals surface area (Å²) in [5.41, 5.74) is 2.26. The zero-order valence-electron chi connectivity index (χ0n) is 23.9. The lowest BCUT2D eigenvalue weighted by Gasteiger charge is -2.33. The van der Waals surface area contributed by atoms with Crippen molar-refractivity contribution in [3.63, 3.8) is 0 Å². The summed E-state index contributed by atoms with van der Waals surface area (Å²) < 4.78 is 10.7. The molecule has 10 nitrogen and oxygen atoms in total. The minimum atomic E-state index is -0.990. The zero-order valence-corrected chi connectivity index (χ0v) is 24.6. The van der Waals surface area contributed by atoms with Gasteiger partial charge in [0.25, 0.3) is 5.91 Å². The average Bonchev–Trinajstić information content (AvgIpc) is 3.40. The fourth-order valence-electron chi connectivity index (χ4n) is 4.24. The van der Waals surface area contributed by atoms with Gasteiger partial charge in [-0.25, -0.2) is 0 Å². The van der Waals surface area contributed by atoms with Crippen molar-refractivity contribution in [3.8, 4) is 22.9 Å². The normalized spacial score (nSPS) is 12.0. The molecule has 41 heavy (non-hydrogen) atoms. The van der Waals surface area contributed by atoms with E-state index in [2.05, 4.69) is 20.7 Å². The summed E-state index contributed by atoms with van der Waals surface area (Å²) in [7, 11) is 3.09. The quantitative estimate of drug-likeness (QED) is 0.298. The van der Waals surface area contributed by atoms with Gasteiger partial charge in [-0.3, -0.25) is 14.5 Å². The molecule has 214 valence electrons. The number of halogens is 1. The average molecular weight is 577 g/mol. The number of methoxy groups -OCH3 is 2. The molecule has 1 heterocycles. The SMILES string of the molecule is COc1ccc(-c2nnn(CC(=O)N(c3ccc(C)cc3)[C@@H](C(=O)NC(C)(C)C)c3ccc(Cl)cc3)n2)cc1OC. The van der Waals surface area contributed by atoms with Crippen LogP contribution in [0.5, 0.6) is 11.5 Å². The molecular formula is C30H33ClN6O4. The molecule has 4 rings (SSSR count). The standard InChI is InChI=1S/C30H33ClN6O4/c1-19-7-14-23(15-8-19)37(27(29(39)32-30(2,3)4)20-9-12-22(31)13-10-20)26(38)18-36-34-28(33-35-36)21-11-16-24(40-5)25(17-21)41-6/h7-17,27H,18H2,1-6H3,(H,32,39)/t27-/m1/s1. The van der Waals surface area contributed by atoms with Gasteiger partial charge in [-0.05, 0) is 80.9 Å². The molecular weight excluding hydrogens is 544 g/mol. The fraction of sp³-hybridized carbons (Fsp3) is 0.300. The Labute approximate surface area is 244 Å². The maximum absolute atomic E-state index is 14.0. The van der Waals surface area contributed by atoms with Crippen molar-refractivity contribution in [2.45, 2.75) is 45.8 Å². The first-order valence-corrected chi connectivity index (χ1v) is 13.3. The third-order valence-corrected chi connectivity index (χ3v) is 6.39. The Balaban J connectivity index is 1.72. The van der Waals surface area contributed by atoms with Crippen LogP contribution in [0.1, 0.15) is 37.9 Å². The van der Waals surface area contributed by atoms with Crippen LogP contribution in [-0.4, -0.2) is 51.8 Å². The second-order valence-electron chi connectivity index (χ2n) is 10.5. The minimum Gasteiger partial charge on any atom is -0.493 e. The summed E-state index contributed by atoms with van der Waals surface area (Å²) in [6.07, 6.45) is 0. The van der Waals surface area contributed by atoms with Gasteiger partial charge >= 0.3 is 0 Å². The molecule has 0 saturated carbocycles. The molecule has 1 atom stereocenters. The molecule has 4 aromatic rings. The van der Waals surface area contributed by atoms with Crippen molar-refractivity contribution in [1.29, 1.82) is 0 Å². The molecule has 11 heteroatoms. The van der Waals surface area contributed by atoms with Crippen LogP contribution >= 0.6 is 11.6 Å². The highest BCUT2D eigenvalue weighted by Crippen LogP contribution is 2.32. The third kappa shape index (κ3) is 7.20. The molecule has 3 aromatic carbocycles. The summed E-state index contributed by atoms with van der Waals surface area (Å²) in [4.78, 5) is 30.5. The van der Waals surface area contributed by atoms with Crippen molar-refractivity contribution in [2.24, 2.45) is 0 Å². The van der Waals surface area contributed by atoms with Gasteiger partial charge in [0, 0.05) is 21.8 Å². The van der Waals surface area contributed by atoms with Crippen molar-refractivity contribution in [2.75, 3.05) is 19.1 Å². The highest BCUT2D eigenvalue weighted by molar-refractivity contribution is 6.30. The Bertz CT molecular complexity index is 1510. The molecule has 1 N–H and O–H groups in total. The molecule has 0 aliphatic carbocycles. The molecule has 1 aromatic heterocycles. The molecule has 0 bridgehead atoms. The van der Waals surface area contributed by atoms with Gasteiger partial charge in [-0.2, -0.15) is 4.80 Å². The van der Waals surface area contributed by atoms with E-state index in [4.69, 9.17) is 21.1 Å². The number of aromatic nitrogens is 4. The lowest BCUT2D eigenvalue weighted by Crippen LogP contribution is -2.50. The Morgan fingerprint density at radius 3 is 2.24 bits per heavy atom. The fourth-order valence-corrected chi connectivity index (χ4v) is 4.37. The molecule has 0 spiro atoms. The number of rotatable bonds is 9. The van der Waals surface area contributed by atoms with Gasteiger partial charge in [0.1, 0.15) is 12.6 Å². The predicted molar refractivity (Wildman–Crippen MR) is 157 cm³/mol. The maximum Gasteiger partial charge on any atom is 0.251 e. The second-order valence-corrected chi connectivity index (χ2v) is 10.9. The number of aryl methyl sites for hydroxylation is 1. The molecule has 0 fully saturated rings. The number of tetrazole rings is 1. The minimum absolute atomic E-state index is 0.263. The molecule has 0 radical (unpaired) electrons. The number of carbonyl (C=O) groups is 2. The van der Waals surface area contributed by atoms with Gasteiger partial charge in [-0.1, -0.05) is 41.4 Å². The van der Waals surface area contributed by atoms with E-state index in [0.29, 0.717) is 39.2 Å². The topological polar surface area (TPSA) is 111 Å². The zero-order chi connectivity index (χ0) is 29.7. The van der Waals surface area contributed by atoms with Gasteiger partial charge in [0.2, 0.25) is 11.7 Å². The molecule has 0 aliphatic heterocycles. The third-order valence-electron chi connectivity index (χ3n) is 6.14. The van der Waals surface area contributed by atoms with Crippen LogP contribution in [-0.2, 0) is 16.1 Å². The molecule has 0 aliphatic rings. The van der Waals surface area contributed by atoms with Crippen LogP contribution in [0.15, 0.2) is 66.7 Å². The number of anilines is 1. The van der Waals surface area contributed by atoms with Crippen LogP contribution in [0, 0.1) is 6.92 Å². The number of ether oxygens (including phenoxy) is 2. The number of amides is 2. The first-order valence-electron chi connectivity index (χ1n) is 13.0. The Hall–Kier alpha value is -4.44. The number of benzene rings is 3. The summed E-state index contributed by atoms with van der Waals surface area (Å²) >= 11 is 6.15. The van der Waals surface area contributed by atoms with E-state index < -0.39 is 17.5 Å². The smallest absolute Gasteiger partial charge is 0.251 e. The van der Waals surface area contributed by atoms with Gasteiger partial charge in [0.05, 0.1) is 14.2 Å². The highest BCUT2D eigenvalue weighted by atomic mass is 35.5. The maximum atomic E-state index is 14.0. The first-order chi connectivity index (χ1) is 19.5. The van der Waals surface area contributed by atoms with Crippen molar-refractivity contribution >= 4 is 29.1 Å². The number of hydrogen-bond donors (Lipinski definition) is 1.